The van der Waals surface area contributed by atoms with Gasteiger partial charge in [0.15, 0.2) is 6.04 Å². The molecule has 0 spiro atoms. The molecule has 0 aromatic carbocycles. The van der Waals surface area contributed by atoms with E-state index in [0.717, 1.165) is 26.2 Å². The Morgan fingerprint density at radius 3 is 1.97 bits per heavy atom. The summed E-state index contributed by atoms with van der Waals surface area (Å²) in [6.07, 6.45) is 8.50. The zero-order chi connectivity index (χ0) is 24.4. The first-order valence-corrected chi connectivity index (χ1v) is 12.5. The normalized spacial score (nSPS) is 14.9. The van der Waals surface area contributed by atoms with Crippen molar-refractivity contribution < 1.29 is 47.8 Å². The Kier molecular flexibility index (Phi) is 17.1. The van der Waals surface area contributed by atoms with Crippen molar-refractivity contribution in [1.29, 1.82) is 0 Å². The third-order valence-corrected chi connectivity index (χ3v) is 5.40. The number of ether oxygens (including phenoxy) is 1. The maximum Gasteiger partial charge on any atom is 0.472 e. The molecule has 11 nitrogen and oxygen atoms in total. The highest BCUT2D eigenvalue weighted by molar-refractivity contribution is 7.47. The molecule has 188 valence electrons. The van der Waals surface area contributed by atoms with Gasteiger partial charge in [-0.05, 0) is 6.42 Å². The van der Waals surface area contributed by atoms with Crippen LogP contribution < -0.4 is 5.32 Å². The summed E-state index contributed by atoms with van der Waals surface area (Å²) in [4.78, 5) is 43.5. The van der Waals surface area contributed by atoms with Crippen LogP contribution >= 0.6 is 7.82 Å². The van der Waals surface area contributed by atoms with Crippen LogP contribution in [0.2, 0.25) is 0 Å². The number of nitrogens with one attached hydrogen (secondary N) is 1. The minimum atomic E-state index is -4.69. The molecule has 0 fully saturated rings. The number of aliphatic hydroxyl groups is 1. The number of carboxylic acid groups (broad SMARTS) is 1. The predicted octanol–water partition coefficient (Wildman–Crippen LogP) is 2.53. The summed E-state index contributed by atoms with van der Waals surface area (Å²) in [5.74, 6) is -2.57. The van der Waals surface area contributed by atoms with Crippen molar-refractivity contribution in [3.8, 4) is 0 Å². The third-order valence-electron chi connectivity index (χ3n) is 4.45. The fourth-order valence-corrected chi connectivity index (χ4v) is 3.46. The number of esters is 1. The Balaban J connectivity index is 4.13. The minimum absolute atomic E-state index is 0.148. The summed E-state index contributed by atoms with van der Waals surface area (Å²) < 4.78 is 25.5. The summed E-state index contributed by atoms with van der Waals surface area (Å²) in [6, 6.07) is -1.53. The fourth-order valence-electron chi connectivity index (χ4n) is 2.69. The highest BCUT2D eigenvalue weighted by Gasteiger charge is 2.28. The molecule has 0 bridgehead atoms. The number of carbonyl (C=O) groups excluding carboxylic acids is 2. The van der Waals surface area contributed by atoms with E-state index in [9.17, 15) is 34.1 Å². The van der Waals surface area contributed by atoms with Gasteiger partial charge < -0.3 is 25.2 Å². The zero-order valence-electron chi connectivity index (χ0n) is 19.0. The quantitative estimate of drug-likeness (QED) is 0.115. The molecule has 0 radical (unpaired) electrons. The molecule has 3 unspecified atom stereocenters. The van der Waals surface area contributed by atoms with Gasteiger partial charge in [-0.25, -0.2) is 9.36 Å². The highest BCUT2D eigenvalue weighted by Crippen LogP contribution is 2.43. The molecule has 0 saturated carbocycles. The fraction of sp³-hybridized carbons (Fsp3) is 0.850. The van der Waals surface area contributed by atoms with E-state index in [0.29, 0.717) is 6.42 Å². The van der Waals surface area contributed by atoms with Gasteiger partial charge in [-0.2, -0.15) is 0 Å². The summed E-state index contributed by atoms with van der Waals surface area (Å²) in [5.41, 5.74) is 0. The van der Waals surface area contributed by atoms with Crippen LogP contribution in [0.25, 0.3) is 0 Å². The first-order chi connectivity index (χ1) is 15.1. The summed E-state index contributed by atoms with van der Waals surface area (Å²) in [5, 5.41) is 20.9. The van der Waals surface area contributed by atoms with Crippen molar-refractivity contribution >= 4 is 25.7 Å². The molecule has 1 amide bonds. The number of hydrogen-bond donors (Lipinski definition) is 4. The van der Waals surface area contributed by atoms with Gasteiger partial charge in [0, 0.05) is 13.3 Å². The molecule has 0 aliphatic heterocycles. The minimum Gasteiger partial charge on any atom is -0.480 e. The smallest absolute Gasteiger partial charge is 0.472 e. The SMILES string of the molecule is CCCCCCCCCCCC(=O)NC(COP(=O)(O)OCC(O)COC(C)=O)C(=O)O. The van der Waals surface area contributed by atoms with Gasteiger partial charge in [-0.15, -0.1) is 0 Å². The Morgan fingerprint density at radius 1 is 0.906 bits per heavy atom. The van der Waals surface area contributed by atoms with E-state index in [2.05, 4.69) is 26.0 Å². The lowest BCUT2D eigenvalue weighted by Crippen LogP contribution is -2.43. The third kappa shape index (κ3) is 18.1. The number of rotatable bonds is 20. The molecule has 3 atom stereocenters. The van der Waals surface area contributed by atoms with E-state index in [4.69, 9.17) is 0 Å². The number of aliphatic carboxylic acids is 1. The molecule has 0 aliphatic rings. The standard InChI is InChI=1S/C20H38NO10P/c1-3-4-5-6-7-8-9-10-11-12-19(24)21-18(20(25)26)15-31-32(27,28)30-14-17(23)13-29-16(2)22/h17-18,23H,3-15H2,1-2H3,(H,21,24)(H,25,26)(H,27,28). The molecule has 0 rings (SSSR count). The topological polar surface area (TPSA) is 169 Å². The van der Waals surface area contributed by atoms with Gasteiger partial charge >= 0.3 is 19.8 Å². The Labute approximate surface area is 189 Å². The van der Waals surface area contributed by atoms with E-state index in [1.165, 1.54) is 32.1 Å². The average molecular weight is 483 g/mol. The van der Waals surface area contributed by atoms with E-state index < -0.39 is 57.6 Å². The van der Waals surface area contributed by atoms with Gasteiger partial charge in [0.2, 0.25) is 5.91 Å². The lowest BCUT2D eigenvalue weighted by Gasteiger charge is -2.18. The van der Waals surface area contributed by atoms with Crippen molar-refractivity contribution in [2.24, 2.45) is 0 Å². The number of carbonyl (C=O) groups is 3. The van der Waals surface area contributed by atoms with Crippen molar-refractivity contribution in [1.82, 2.24) is 5.32 Å². The van der Waals surface area contributed by atoms with E-state index in [-0.39, 0.29) is 6.42 Å². The van der Waals surface area contributed by atoms with Gasteiger partial charge in [0.1, 0.15) is 12.7 Å². The van der Waals surface area contributed by atoms with Gasteiger partial charge in [-0.3, -0.25) is 18.6 Å². The number of unbranched alkanes of at least 4 members (excludes halogenated alkanes) is 8. The number of hydrogen-bond acceptors (Lipinski definition) is 8. The lowest BCUT2D eigenvalue weighted by atomic mass is 10.1. The Hall–Kier alpha value is -1.52. The van der Waals surface area contributed by atoms with Crippen LogP contribution in [0.15, 0.2) is 0 Å². The molecule has 0 aromatic rings. The predicted molar refractivity (Wildman–Crippen MR) is 116 cm³/mol. The lowest BCUT2D eigenvalue weighted by molar-refractivity contribution is -0.144. The second-order valence-electron chi connectivity index (χ2n) is 7.55. The molecule has 0 aliphatic carbocycles. The van der Waals surface area contributed by atoms with Crippen LogP contribution in [0.5, 0.6) is 0 Å². The largest absolute Gasteiger partial charge is 0.480 e. The molecule has 0 saturated heterocycles. The second-order valence-corrected chi connectivity index (χ2v) is 9.01. The summed E-state index contributed by atoms with van der Waals surface area (Å²) in [6.45, 7) is 1.38. The molecular formula is C20H38NO10P. The van der Waals surface area contributed by atoms with Crippen LogP contribution in [0.3, 0.4) is 0 Å². The van der Waals surface area contributed by atoms with Crippen LogP contribution in [-0.2, 0) is 32.7 Å². The molecule has 0 heterocycles. The number of phosphoric acid groups is 1. The first-order valence-electron chi connectivity index (χ1n) is 11.0. The van der Waals surface area contributed by atoms with Gasteiger partial charge in [0.05, 0.1) is 13.2 Å². The monoisotopic (exact) mass is 483 g/mol. The Bertz CT molecular complexity index is 601. The van der Waals surface area contributed by atoms with Crippen LogP contribution in [-0.4, -0.2) is 64.9 Å². The van der Waals surface area contributed by atoms with Crippen LogP contribution in [0, 0.1) is 0 Å². The molecule has 12 heteroatoms. The summed E-state index contributed by atoms with van der Waals surface area (Å²) in [7, 11) is -4.69. The number of carboxylic acids is 1. The first kappa shape index (κ1) is 30.5. The van der Waals surface area contributed by atoms with E-state index >= 15 is 0 Å². The van der Waals surface area contributed by atoms with Crippen molar-refractivity contribution in [3.63, 3.8) is 0 Å². The summed E-state index contributed by atoms with van der Waals surface area (Å²) >= 11 is 0. The van der Waals surface area contributed by atoms with Crippen LogP contribution in [0.4, 0.5) is 0 Å². The molecule has 0 aromatic heterocycles. The van der Waals surface area contributed by atoms with Crippen molar-refractivity contribution in [3.05, 3.63) is 0 Å². The van der Waals surface area contributed by atoms with Crippen molar-refractivity contribution in [2.45, 2.75) is 90.2 Å². The van der Waals surface area contributed by atoms with E-state index in [1.807, 2.05) is 0 Å². The average Bonchev–Trinajstić information content (AvgIpc) is 2.72. The number of aliphatic hydroxyl groups excluding tert-OH is 1. The van der Waals surface area contributed by atoms with E-state index in [1.54, 1.807) is 0 Å². The number of phosphoric ester groups is 1. The van der Waals surface area contributed by atoms with Crippen molar-refractivity contribution in [2.75, 3.05) is 19.8 Å². The van der Waals surface area contributed by atoms with Gasteiger partial charge in [-0.1, -0.05) is 58.3 Å². The molecular weight excluding hydrogens is 445 g/mol. The zero-order valence-corrected chi connectivity index (χ0v) is 19.9. The van der Waals surface area contributed by atoms with Gasteiger partial charge in [0.25, 0.3) is 0 Å². The molecule has 32 heavy (non-hydrogen) atoms. The maximum absolute atomic E-state index is 12.0. The number of amides is 1. The van der Waals surface area contributed by atoms with Crippen LogP contribution in [0.1, 0.15) is 78.1 Å². The Morgan fingerprint density at radius 2 is 1.44 bits per heavy atom. The highest BCUT2D eigenvalue weighted by atomic mass is 31.2. The second kappa shape index (κ2) is 18.0. The maximum atomic E-state index is 12.0. The molecule has 4 N–H and O–H groups in total.